The lowest BCUT2D eigenvalue weighted by Crippen LogP contribution is -2.56. The van der Waals surface area contributed by atoms with Crippen molar-refractivity contribution < 1.29 is 0 Å². The van der Waals surface area contributed by atoms with E-state index in [-0.39, 0.29) is 0 Å². The van der Waals surface area contributed by atoms with Crippen LogP contribution in [0.2, 0.25) is 5.82 Å². The van der Waals surface area contributed by atoms with E-state index < -0.39 is 0 Å². The summed E-state index contributed by atoms with van der Waals surface area (Å²) in [4.78, 5) is 0. The van der Waals surface area contributed by atoms with E-state index in [1.165, 1.54) is 12.3 Å². The number of hydrogen-bond acceptors (Lipinski definition) is 0. The molecular weight excluding hydrogens is 191 g/mol. The molecule has 10 unspecified atom stereocenters. The molecule has 6 fully saturated rings. The van der Waals surface area contributed by atoms with Gasteiger partial charge in [-0.05, 0) is 84.9 Å². The summed E-state index contributed by atoms with van der Waals surface area (Å²) in [5, 5.41) is 0. The molecule has 1 heteroatoms. The second-order valence-electron chi connectivity index (χ2n) is 8.11. The molecule has 0 nitrogen and oxygen atoms in total. The van der Waals surface area contributed by atoms with Gasteiger partial charge in [0, 0.05) is 0 Å². The Bertz CT molecular complexity index is 404. The van der Waals surface area contributed by atoms with E-state index in [1.807, 2.05) is 0 Å². The molecule has 16 heavy (non-hydrogen) atoms. The maximum absolute atomic E-state index is 6.60. The minimum atomic E-state index is 0.613. The Balaban J connectivity index is 1.67. The van der Waals surface area contributed by atoms with Crippen molar-refractivity contribution in [2.75, 3.05) is 0 Å². The van der Waals surface area contributed by atoms with Gasteiger partial charge in [0.15, 0.2) is 0 Å². The highest BCUT2D eigenvalue weighted by molar-refractivity contribution is 6.12. The fourth-order valence-corrected chi connectivity index (χ4v) is 8.55. The highest BCUT2D eigenvalue weighted by Crippen LogP contribution is 2.88. The molecule has 0 saturated heterocycles. The molecule has 0 N–H and O–H groups in total. The average Bonchev–Trinajstić information content (AvgIpc) is 2.46. The monoisotopic (exact) mass is 210 g/mol. The van der Waals surface area contributed by atoms with E-state index in [0.717, 1.165) is 46.8 Å². The first kappa shape index (κ1) is 8.22. The maximum Gasteiger partial charge on any atom is 0.0707 e. The van der Waals surface area contributed by atoms with Crippen LogP contribution in [0.15, 0.2) is 0 Å². The molecule has 0 aromatic rings. The lowest BCUT2D eigenvalue weighted by Gasteiger charge is -2.62. The molecule has 0 amide bonds. The van der Waals surface area contributed by atoms with E-state index in [9.17, 15) is 0 Å². The zero-order chi connectivity index (χ0) is 10.2. The Morgan fingerprint density at radius 1 is 0.938 bits per heavy atom. The van der Waals surface area contributed by atoms with Crippen molar-refractivity contribution in [1.82, 2.24) is 0 Å². The smallest absolute Gasteiger partial charge is 0.0707 e. The molecule has 6 aliphatic rings. The van der Waals surface area contributed by atoms with Gasteiger partial charge in [-0.1, -0.05) is 5.82 Å². The Morgan fingerprint density at radius 2 is 1.88 bits per heavy atom. The average molecular weight is 210 g/mol. The predicted octanol–water partition coefficient (Wildman–Crippen LogP) is 2.89. The normalized spacial score (nSPS) is 80.4. The third-order valence-corrected chi connectivity index (χ3v) is 8.36. The Kier molecular flexibility index (Phi) is 1.06. The summed E-state index contributed by atoms with van der Waals surface area (Å²) in [6, 6.07) is 0. The van der Waals surface area contributed by atoms with E-state index in [0.29, 0.717) is 5.82 Å². The molecule has 0 heterocycles. The van der Waals surface area contributed by atoms with Gasteiger partial charge in [-0.3, -0.25) is 0 Å². The van der Waals surface area contributed by atoms with Crippen LogP contribution in [0.5, 0.6) is 0 Å². The van der Waals surface area contributed by atoms with Crippen LogP contribution < -0.4 is 0 Å². The summed E-state index contributed by atoms with van der Waals surface area (Å²) in [6.07, 6.45) is 7.92. The van der Waals surface area contributed by atoms with Crippen LogP contribution in [0.1, 0.15) is 32.1 Å². The van der Waals surface area contributed by atoms with Gasteiger partial charge in [-0.2, -0.15) is 0 Å². The van der Waals surface area contributed by atoms with E-state index in [4.69, 9.17) is 7.85 Å². The van der Waals surface area contributed by atoms with E-state index >= 15 is 0 Å². The Morgan fingerprint density at radius 3 is 2.81 bits per heavy atom. The van der Waals surface area contributed by atoms with Crippen LogP contribution >= 0.6 is 0 Å². The van der Waals surface area contributed by atoms with Crippen LogP contribution in [-0.4, -0.2) is 7.85 Å². The van der Waals surface area contributed by atoms with Crippen molar-refractivity contribution in [1.29, 1.82) is 0 Å². The molecule has 2 radical (unpaired) electrons. The van der Waals surface area contributed by atoms with Crippen molar-refractivity contribution >= 4 is 7.85 Å². The molecule has 6 aliphatic carbocycles. The fourth-order valence-electron chi connectivity index (χ4n) is 8.55. The second kappa shape index (κ2) is 2.06. The summed E-state index contributed by atoms with van der Waals surface area (Å²) in [7, 11) is 6.60. The molecular formula is C15H19B. The highest BCUT2D eigenvalue weighted by atomic mass is 14.9. The first-order chi connectivity index (χ1) is 7.80. The van der Waals surface area contributed by atoms with Crippen molar-refractivity contribution in [2.45, 2.75) is 37.9 Å². The van der Waals surface area contributed by atoms with Crippen LogP contribution in [-0.2, 0) is 0 Å². The summed E-state index contributed by atoms with van der Waals surface area (Å²) in [5.74, 6) is 9.36. The van der Waals surface area contributed by atoms with Crippen LogP contribution in [0.25, 0.3) is 0 Å². The zero-order valence-electron chi connectivity index (χ0n) is 9.81. The van der Waals surface area contributed by atoms with E-state index in [1.54, 1.807) is 25.7 Å². The molecule has 0 aromatic carbocycles. The van der Waals surface area contributed by atoms with Gasteiger partial charge in [-0.15, -0.1) is 0 Å². The SMILES string of the molecule is [B]C1C2CC3C4CC5CC6C1C3C6(C5)C4C2. The first-order valence-corrected chi connectivity index (χ1v) is 7.56. The van der Waals surface area contributed by atoms with Gasteiger partial charge < -0.3 is 0 Å². The van der Waals surface area contributed by atoms with Crippen LogP contribution in [0, 0.1) is 52.8 Å². The Hall–Kier alpha value is 0.0649. The van der Waals surface area contributed by atoms with Gasteiger partial charge in [-0.25, -0.2) is 0 Å². The second-order valence-corrected chi connectivity index (χ2v) is 8.11. The van der Waals surface area contributed by atoms with Crippen LogP contribution in [0.4, 0.5) is 0 Å². The molecule has 82 valence electrons. The zero-order valence-corrected chi connectivity index (χ0v) is 9.81. The lowest BCUT2D eigenvalue weighted by molar-refractivity contribution is -0.119. The largest absolute Gasteiger partial charge is 0.0712 e. The topological polar surface area (TPSA) is 0 Å². The van der Waals surface area contributed by atoms with Gasteiger partial charge in [0.2, 0.25) is 0 Å². The predicted molar refractivity (Wildman–Crippen MR) is 62.9 cm³/mol. The third-order valence-electron chi connectivity index (χ3n) is 8.36. The number of hydrogen-bond donors (Lipinski definition) is 0. The van der Waals surface area contributed by atoms with E-state index in [2.05, 4.69) is 0 Å². The lowest BCUT2D eigenvalue weighted by atomic mass is 9.40. The van der Waals surface area contributed by atoms with Gasteiger partial charge in [0.05, 0.1) is 7.85 Å². The van der Waals surface area contributed by atoms with Gasteiger partial charge >= 0.3 is 0 Å². The number of fused-ring (bicyclic) bond motifs is 3. The number of rotatable bonds is 0. The van der Waals surface area contributed by atoms with Crippen molar-refractivity contribution in [3.63, 3.8) is 0 Å². The van der Waals surface area contributed by atoms with Crippen LogP contribution in [0.3, 0.4) is 0 Å². The quantitative estimate of drug-likeness (QED) is 0.539. The molecule has 6 saturated carbocycles. The van der Waals surface area contributed by atoms with Gasteiger partial charge in [0.25, 0.3) is 0 Å². The fraction of sp³-hybridized carbons (Fsp3) is 1.00. The molecule has 10 atom stereocenters. The summed E-state index contributed by atoms with van der Waals surface area (Å²) in [5.41, 5.74) is 0.881. The molecule has 1 spiro atoms. The Labute approximate surface area is 99.0 Å². The molecule has 6 bridgehead atoms. The summed E-state index contributed by atoms with van der Waals surface area (Å²) in [6.45, 7) is 0. The molecule has 0 aromatic heterocycles. The summed E-state index contributed by atoms with van der Waals surface area (Å²) < 4.78 is 0. The first-order valence-electron chi connectivity index (χ1n) is 7.56. The van der Waals surface area contributed by atoms with Crippen molar-refractivity contribution in [2.24, 2.45) is 52.8 Å². The maximum atomic E-state index is 6.60. The van der Waals surface area contributed by atoms with Gasteiger partial charge in [0.1, 0.15) is 0 Å². The highest BCUT2D eigenvalue weighted by Gasteiger charge is 2.81. The standard InChI is InChI=1S/C15H19B/c16-14-7-3-9-8-1-6-2-11-12(14)13(9)15(11,5-6)10(8)4-7/h6-14H,1-5H2. The minimum absolute atomic E-state index is 0.613. The summed E-state index contributed by atoms with van der Waals surface area (Å²) >= 11 is 0. The minimum Gasteiger partial charge on any atom is -0.0712 e. The van der Waals surface area contributed by atoms with Crippen molar-refractivity contribution in [3.8, 4) is 0 Å². The molecule has 6 rings (SSSR count). The van der Waals surface area contributed by atoms with Crippen molar-refractivity contribution in [3.05, 3.63) is 0 Å². The molecule has 0 aliphatic heterocycles. The third kappa shape index (κ3) is 0.534.